The molecule has 6 aliphatic heterocycles. The van der Waals surface area contributed by atoms with Crippen LogP contribution in [0.25, 0.3) is 0 Å². The Hall–Kier alpha value is -1.03. The molecule has 0 aromatic carbocycles. The van der Waals surface area contributed by atoms with Gasteiger partial charge in [0.05, 0.1) is 24.0 Å². The Morgan fingerprint density at radius 1 is 0.717 bits per heavy atom. The van der Waals surface area contributed by atoms with Crippen LogP contribution in [0.4, 0.5) is 0 Å². The molecule has 16 atom stereocenters. The van der Waals surface area contributed by atoms with Gasteiger partial charge in [-0.05, 0) is 125 Å². The highest BCUT2D eigenvalue weighted by Gasteiger charge is 2.70. The van der Waals surface area contributed by atoms with Crippen molar-refractivity contribution in [2.75, 3.05) is 6.61 Å². The first-order chi connectivity index (χ1) is 21.9. The summed E-state index contributed by atoms with van der Waals surface area (Å²) in [7, 11) is 0. The van der Waals surface area contributed by atoms with E-state index in [-0.39, 0.29) is 47.1 Å². The van der Waals surface area contributed by atoms with Crippen molar-refractivity contribution in [1.29, 1.82) is 0 Å². The Bertz CT molecular complexity index is 1240. The van der Waals surface area contributed by atoms with Gasteiger partial charge in [-0.25, -0.2) is 19.6 Å². The van der Waals surface area contributed by atoms with Crippen molar-refractivity contribution >= 4 is 5.71 Å². The van der Waals surface area contributed by atoms with Crippen LogP contribution in [0.2, 0.25) is 0 Å². The van der Waals surface area contributed by atoms with E-state index in [1.807, 2.05) is 6.92 Å². The third-order valence-electron chi connectivity index (χ3n) is 14.8. The maximum atomic E-state index is 7.30. The first-order valence-corrected chi connectivity index (χ1v) is 18.8. The summed E-state index contributed by atoms with van der Waals surface area (Å²) in [6.45, 7) is 20.4. The minimum absolute atomic E-state index is 0.00177. The minimum atomic E-state index is -0.394. The number of hydrogen-bond acceptors (Lipinski definition) is 8. The van der Waals surface area contributed by atoms with Gasteiger partial charge in [0.15, 0.2) is 0 Å². The molecule has 10 aliphatic rings. The van der Waals surface area contributed by atoms with Crippen LogP contribution in [-0.4, -0.2) is 59.1 Å². The third kappa shape index (κ3) is 4.70. The molecule has 6 heterocycles. The molecular formula is C38H59NO7. The standard InChI is InChI=1S/C38H59NO7/c1-21(2)20-40-39-30(34-25(6)29-12-10-23(4)27-14-16-36(8)19-33(42-34)38(27,29)46-44-36)17-31-24(5)28-11-9-22(3)26-13-15-35(7)18-32(41-31)37(26,28)45-43-35/h22-29,31-34H,1,9-20H2,2-8H3/b39-30-/t22-,23-,24-,25-,26+,27+,28+,29+,31-,32-,33-,34+,35+,36+,37-,38-/m1/s1. The molecule has 4 bridgehead atoms. The van der Waals surface area contributed by atoms with Crippen LogP contribution in [0.5, 0.6) is 0 Å². The average molecular weight is 642 g/mol. The van der Waals surface area contributed by atoms with Gasteiger partial charge in [-0.1, -0.05) is 39.4 Å². The van der Waals surface area contributed by atoms with Crippen molar-refractivity contribution in [3.05, 3.63) is 12.2 Å². The van der Waals surface area contributed by atoms with Crippen LogP contribution in [0.3, 0.4) is 0 Å². The van der Waals surface area contributed by atoms with E-state index in [0.29, 0.717) is 54.5 Å². The molecule has 6 saturated heterocycles. The van der Waals surface area contributed by atoms with Gasteiger partial charge in [0, 0.05) is 19.3 Å². The zero-order chi connectivity index (χ0) is 32.2. The summed E-state index contributed by atoms with van der Waals surface area (Å²) in [5, 5.41) is 4.92. The fourth-order valence-electron chi connectivity index (χ4n) is 12.2. The van der Waals surface area contributed by atoms with Crippen molar-refractivity contribution in [3.63, 3.8) is 0 Å². The summed E-state index contributed by atoms with van der Waals surface area (Å²) >= 11 is 0. The molecule has 4 aliphatic carbocycles. The fraction of sp³-hybridized carbons (Fsp3) is 0.921. The molecule has 8 nitrogen and oxygen atoms in total. The quantitative estimate of drug-likeness (QED) is 0.127. The smallest absolute Gasteiger partial charge is 0.137 e. The predicted octanol–water partition coefficient (Wildman–Crippen LogP) is 7.74. The van der Waals surface area contributed by atoms with Gasteiger partial charge in [-0.2, -0.15) is 0 Å². The van der Waals surface area contributed by atoms with E-state index in [0.717, 1.165) is 62.7 Å². The molecule has 4 saturated carbocycles. The number of ether oxygens (including phenoxy) is 2. The van der Waals surface area contributed by atoms with E-state index in [1.165, 1.54) is 12.8 Å². The molecule has 0 aromatic rings. The molecule has 0 amide bonds. The van der Waals surface area contributed by atoms with Gasteiger partial charge in [-0.15, -0.1) is 0 Å². The Balaban J connectivity index is 1.12. The number of hydrogen-bond donors (Lipinski definition) is 0. The van der Waals surface area contributed by atoms with E-state index in [9.17, 15) is 0 Å². The summed E-state index contributed by atoms with van der Waals surface area (Å²) in [5.41, 5.74) is 0.547. The van der Waals surface area contributed by atoms with Crippen LogP contribution in [-0.2, 0) is 33.9 Å². The second-order valence-electron chi connectivity index (χ2n) is 17.9. The van der Waals surface area contributed by atoms with Crippen LogP contribution in [0.15, 0.2) is 17.3 Å². The number of fused-ring (bicyclic) bond motifs is 4. The SMILES string of the molecule is C=C(C)CO/N=C(/C[C@H]1O[C@@H]2C[C@]3(C)CC[C@H]4[C@H](C)CC[C@@H]([C@H]1C)[C@@]24OO3)[C@H]1O[C@@H]2C[C@]3(C)CC[C@H]4[C@H](C)CC[C@@H]([C@H]1C)[C@@]24OO3. The average Bonchev–Trinajstić information content (AvgIpc) is 3.38. The molecule has 8 heteroatoms. The molecular weight excluding hydrogens is 582 g/mol. The van der Waals surface area contributed by atoms with E-state index < -0.39 is 5.60 Å². The molecule has 0 N–H and O–H groups in total. The Kier molecular flexibility index (Phi) is 7.87. The summed E-state index contributed by atoms with van der Waals surface area (Å²) in [6.07, 6.45) is 11.3. The molecule has 2 spiro atoms. The lowest BCUT2D eigenvalue weighted by molar-refractivity contribution is -0.487. The number of nitrogens with zero attached hydrogens (tertiary/aromatic N) is 1. The monoisotopic (exact) mass is 641 g/mol. The largest absolute Gasteiger partial charge is 0.391 e. The van der Waals surface area contributed by atoms with E-state index in [4.69, 9.17) is 39.0 Å². The molecule has 258 valence electrons. The van der Waals surface area contributed by atoms with Gasteiger partial charge in [0.2, 0.25) is 0 Å². The molecule has 0 radical (unpaired) electrons. The maximum absolute atomic E-state index is 7.30. The lowest BCUT2D eigenvalue weighted by Crippen LogP contribution is -2.71. The Morgan fingerprint density at radius 3 is 1.83 bits per heavy atom. The molecule has 10 rings (SSSR count). The third-order valence-corrected chi connectivity index (χ3v) is 14.8. The summed E-state index contributed by atoms with van der Waals surface area (Å²) in [6, 6.07) is 0. The van der Waals surface area contributed by atoms with Crippen molar-refractivity contribution in [1.82, 2.24) is 0 Å². The Labute approximate surface area is 276 Å². The number of rotatable bonds is 6. The van der Waals surface area contributed by atoms with Crippen molar-refractivity contribution in [2.24, 2.45) is 52.5 Å². The normalized spacial score (nSPS) is 55.9. The lowest BCUT2D eigenvalue weighted by Gasteiger charge is -2.62. The zero-order valence-corrected chi connectivity index (χ0v) is 29.4. The fourth-order valence-corrected chi connectivity index (χ4v) is 12.2. The molecule has 0 aromatic heterocycles. The summed E-state index contributed by atoms with van der Waals surface area (Å²) in [4.78, 5) is 31.8. The van der Waals surface area contributed by atoms with Crippen molar-refractivity contribution < 1.29 is 33.9 Å². The van der Waals surface area contributed by atoms with E-state index in [2.05, 4.69) is 48.1 Å². The van der Waals surface area contributed by atoms with Gasteiger partial charge < -0.3 is 14.3 Å². The second-order valence-corrected chi connectivity index (χ2v) is 17.9. The summed E-state index contributed by atoms with van der Waals surface area (Å²) < 4.78 is 14.6. The van der Waals surface area contributed by atoms with Crippen LogP contribution < -0.4 is 0 Å². The zero-order valence-electron chi connectivity index (χ0n) is 29.4. The minimum Gasteiger partial charge on any atom is -0.391 e. The van der Waals surface area contributed by atoms with Crippen LogP contribution >= 0.6 is 0 Å². The van der Waals surface area contributed by atoms with Crippen molar-refractivity contribution in [3.8, 4) is 0 Å². The molecule has 0 unspecified atom stereocenters. The maximum Gasteiger partial charge on any atom is 0.137 e. The topological polar surface area (TPSA) is 77.0 Å². The van der Waals surface area contributed by atoms with Gasteiger partial charge in [0.1, 0.15) is 35.1 Å². The predicted molar refractivity (Wildman–Crippen MR) is 174 cm³/mol. The highest BCUT2D eigenvalue weighted by Crippen LogP contribution is 2.63. The highest BCUT2D eigenvalue weighted by molar-refractivity contribution is 5.89. The second kappa shape index (κ2) is 11.2. The van der Waals surface area contributed by atoms with Crippen LogP contribution in [0.1, 0.15) is 119 Å². The summed E-state index contributed by atoms with van der Waals surface area (Å²) in [5.74, 6) is 3.32. The number of oxime groups is 1. The van der Waals surface area contributed by atoms with E-state index >= 15 is 0 Å². The van der Waals surface area contributed by atoms with E-state index in [1.54, 1.807) is 0 Å². The van der Waals surface area contributed by atoms with Gasteiger partial charge in [-0.3, -0.25) is 0 Å². The highest BCUT2D eigenvalue weighted by atomic mass is 17.2. The van der Waals surface area contributed by atoms with Crippen molar-refractivity contribution in [2.45, 2.75) is 166 Å². The van der Waals surface area contributed by atoms with Gasteiger partial charge >= 0.3 is 0 Å². The molecule has 46 heavy (non-hydrogen) atoms. The first-order valence-electron chi connectivity index (χ1n) is 18.8. The Morgan fingerprint density at radius 2 is 1.26 bits per heavy atom. The molecule has 10 fully saturated rings. The first kappa shape index (κ1) is 32.2. The van der Waals surface area contributed by atoms with Gasteiger partial charge in [0.25, 0.3) is 0 Å². The lowest BCUT2D eigenvalue weighted by atomic mass is 9.55. The van der Waals surface area contributed by atoms with Crippen LogP contribution in [0, 0.1) is 47.3 Å².